The average molecular weight is 449 g/mol. The van der Waals surface area contributed by atoms with Crippen molar-refractivity contribution in [1.29, 1.82) is 0 Å². The van der Waals surface area contributed by atoms with E-state index < -0.39 is 0 Å². The first-order valence-corrected chi connectivity index (χ1v) is 11.6. The minimum Gasteiger partial charge on any atom is -0.386 e. The summed E-state index contributed by atoms with van der Waals surface area (Å²) in [4.78, 5) is 22.2. The fourth-order valence-electron chi connectivity index (χ4n) is 4.95. The van der Waals surface area contributed by atoms with Crippen molar-refractivity contribution in [3.63, 3.8) is 0 Å². The highest BCUT2D eigenvalue weighted by molar-refractivity contribution is 5.94. The van der Waals surface area contributed by atoms with E-state index in [4.69, 9.17) is 14.5 Å². The summed E-state index contributed by atoms with van der Waals surface area (Å²) < 4.78 is 13.3. The summed E-state index contributed by atoms with van der Waals surface area (Å²) in [5.74, 6) is 1.12. The van der Waals surface area contributed by atoms with E-state index in [0.717, 1.165) is 55.8 Å². The first-order chi connectivity index (χ1) is 16.2. The molecule has 33 heavy (non-hydrogen) atoms. The molecule has 4 bridgehead atoms. The van der Waals surface area contributed by atoms with Gasteiger partial charge in [0.2, 0.25) is 0 Å². The van der Waals surface area contributed by atoms with Crippen molar-refractivity contribution in [2.24, 2.45) is 0 Å². The zero-order valence-corrected chi connectivity index (χ0v) is 18.6. The summed E-state index contributed by atoms with van der Waals surface area (Å²) in [5, 5.41) is 9.74. The van der Waals surface area contributed by atoms with Crippen LogP contribution >= 0.6 is 0 Å². The van der Waals surface area contributed by atoms with Gasteiger partial charge in [-0.25, -0.2) is 19.3 Å². The Bertz CT molecular complexity index is 1200. The van der Waals surface area contributed by atoms with Crippen LogP contribution in [0, 0.1) is 0 Å². The lowest BCUT2D eigenvalue weighted by Gasteiger charge is -2.37. The Morgan fingerprint density at radius 1 is 1.12 bits per heavy atom. The van der Waals surface area contributed by atoms with Gasteiger partial charge in [-0.05, 0) is 54.9 Å². The molecule has 2 fully saturated rings. The molecule has 9 heteroatoms. The second-order valence-corrected chi connectivity index (χ2v) is 9.05. The number of ether oxygens (including phenoxy) is 2. The number of hydrogen-bond acceptors (Lipinski definition) is 7. The van der Waals surface area contributed by atoms with Crippen LogP contribution in [0.4, 0.5) is 22.0 Å². The molecule has 4 heterocycles. The Morgan fingerprint density at radius 3 is 2.79 bits per heavy atom. The lowest BCUT2D eigenvalue weighted by molar-refractivity contribution is -0.0323. The second-order valence-electron chi connectivity index (χ2n) is 9.05. The molecule has 2 aromatic heterocycles. The zero-order valence-electron chi connectivity index (χ0n) is 18.6. The van der Waals surface area contributed by atoms with E-state index >= 15 is 0 Å². The van der Waals surface area contributed by atoms with Crippen LogP contribution in [0.5, 0.6) is 0 Å². The molecule has 1 aliphatic carbocycles. The number of carbonyl (C=O) groups is 1. The number of fused-ring (bicyclic) bond motifs is 4. The predicted octanol–water partition coefficient (Wildman–Crippen LogP) is 3.73. The molecule has 6 rings (SSSR count). The van der Waals surface area contributed by atoms with Crippen LogP contribution in [-0.2, 0) is 16.1 Å². The third-order valence-electron chi connectivity index (χ3n) is 6.96. The number of carbonyl (C=O) groups excluding carboxylic acids is 1. The summed E-state index contributed by atoms with van der Waals surface area (Å²) in [6, 6.07) is 8.25. The van der Waals surface area contributed by atoms with Crippen molar-refractivity contribution >= 4 is 34.4 Å². The average Bonchev–Trinajstić information content (AvgIpc) is 3.25. The van der Waals surface area contributed by atoms with Gasteiger partial charge in [0.25, 0.3) is 0 Å². The third kappa shape index (κ3) is 3.81. The fourth-order valence-corrected chi connectivity index (χ4v) is 4.95. The maximum absolute atomic E-state index is 13.0. The molecule has 3 aromatic rings. The molecule has 172 valence electrons. The van der Waals surface area contributed by atoms with Crippen molar-refractivity contribution in [3.05, 3.63) is 41.7 Å². The molecule has 2 aliphatic heterocycles. The molecule has 1 saturated heterocycles. The van der Waals surface area contributed by atoms with E-state index in [9.17, 15) is 4.79 Å². The van der Waals surface area contributed by atoms with Crippen molar-refractivity contribution in [3.8, 4) is 0 Å². The molecular formula is C24H28N6O3. The zero-order chi connectivity index (χ0) is 22.4. The van der Waals surface area contributed by atoms with E-state index in [-0.39, 0.29) is 18.2 Å². The molecule has 0 unspecified atom stereocenters. The molecule has 2 atom stereocenters. The van der Waals surface area contributed by atoms with Crippen molar-refractivity contribution in [2.45, 2.75) is 50.4 Å². The lowest BCUT2D eigenvalue weighted by Crippen LogP contribution is -2.52. The van der Waals surface area contributed by atoms with Crippen LogP contribution in [0.25, 0.3) is 11.2 Å². The molecule has 9 nitrogen and oxygen atoms in total. The normalized spacial score (nSPS) is 23.2. The van der Waals surface area contributed by atoms with Crippen LogP contribution in [0.15, 0.2) is 30.6 Å². The van der Waals surface area contributed by atoms with Gasteiger partial charge in [-0.3, -0.25) is 0 Å². The van der Waals surface area contributed by atoms with Crippen molar-refractivity contribution < 1.29 is 14.3 Å². The quantitative estimate of drug-likeness (QED) is 0.549. The molecule has 1 aromatic carbocycles. The number of benzene rings is 1. The van der Waals surface area contributed by atoms with Gasteiger partial charge in [-0.15, -0.1) is 0 Å². The summed E-state index contributed by atoms with van der Waals surface area (Å²) >= 11 is 0. The van der Waals surface area contributed by atoms with E-state index in [1.165, 1.54) is 16.5 Å². The first-order valence-electron chi connectivity index (χ1n) is 11.6. The number of rotatable bonds is 2. The Morgan fingerprint density at radius 2 is 2.00 bits per heavy atom. The minimum atomic E-state index is -0.236. The number of hydrogen-bond donors (Lipinski definition) is 3. The fraction of sp³-hybridized carbons (Fsp3) is 0.458. The SMILES string of the molecule is CNc1cc2nc3c1ncn3C(=O)N[C@@H]1CC[C@H]1OCc1cc(cc(C3CCOCC3)c1)N2. The number of imidazole rings is 1. The summed E-state index contributed by atoms with van der Waals surface area (Å²) in [6.07, 6.45) is 5.42. The van der Waals surface area contributed by atoms with E-state index in [0.29, 0.717) is 29.5 Å². The smallest absolute Gasteiger partial charge is 0.328 e. The summed E-state index contributed by atoms with van der Waals surface area (Å²) in [5.41, 5.74) is 5.36. The molecule has 1 saturated carbocycles. The third-order valence-corrected chi connectivity index (χ3v) is 6.96. The molecule has 0 radical (unpaired) electrons. The monoisotopic (exact) mass is 448 g/mol. The van der Waals surface area contributed by atoms with Crippen LogP contribution < -0.4 is 16.0 Å². The van der Waals surface area contributed by atoms with Gasteiger partial charge < -0.3 is 25.4 Å². The Kier molecular flexibility index (Phi) is 5.15. The van der Waals surface area contributed by atoms with Gasteiger partial charge >= 0.3 is 6.03 Å². The molecular weight excluding hydrogens is 420 g/mol. The maximum atomic E-state index is 13.0. The van der Waals surface area contributed by atoms with Gasteiger partial charge in [0.15, 0.2) is 5.65 Å². The van der Waals surface area contributed by atoms with Crippen molar-refractivity contribution in [1.82, 2.24) is 19.9 Å². The number of amides is 1. The Balaban J connectivity index is 1.45. The standard InChI is InChI=1S/C24H28N6O3/c1-25-19-11-21-27-17-9-14(8-16(10-17)15-4-6-32-7-5-15)12-33-20-3-2-18(20)28-24(31)30-13-26-22(19)23(30)29-21/h8-11,13,15,18,20H,2-7,12H2,1H3,(H,28,31)(H2,25,27,29)/t18-,20-/m1/s1. The number of aromatic nitrogens is 3. The minimum absolute atomic E-state index is 0.00575. The second kappa shape index (κ2) is 8.31. The van der Waals surface area contributed by atoms with Crippen LogP contribution in [0.1, 0.15) is 42.7 Å². The van der Waals surface area contributed by atoms with Crippen LogP contribution in [0.2, 0.25) is 0 Å². The lowest BCUT2D eigenvalue weighted by atomic mass is 9.88. The summed E-state index contributed by atoms with van der Waals surface area (Å²) in [6.45, 7) is 2.10. The number of nitrogens with zero attached hydrogens (tertiary/aromatic N) is 3. The largest absolute Gasteiger partial charge is 0.386 e. The maximum Gasteiger partial charge on any atom is 0.328 e. The van der Waals surface area contributed by atoms with Gasteiger partial charge in [-0.1, -0.05) is 6.07 Å². The van der Waals surface area contributed by atoms with Crippen molar-refractivity contribution in [2.75, 3.05) is 30.9 Å². The van der Waals surface area contributed by atoms with Crippen LogP contribution in [-0.4, -0.2) is 53.0 Å². The number of nitrogens with one attached hydrogen (secondary N) is 3. The Labute approximate surface area is 191 Å². The highest BCUT2D eigenvalue weighted by Gasteiger charge is 2.34. The highest BCUT2D eigenvalue weighted by Crippen LogP contribution is 2.33. The highest BCUT2D eigenvalue weighted by atomic mass is 16.5. The van der Waals surface area contributed by atoms with Gasteiger partial charge in [0.05, 0.1) is 24.4 Å². The molecule has 3 N–H and O–H groups in total. The molecule has 1 amide bonds. The summed E-state index contributed by atoms with van der Waals surface area (Å²) in [7, 11) is 1.84. The first kappa shape index (κ1) is 20.4. The molecule has 0 spiro atoms. The van der Waals surface area contributed by atoms with Gasteiger partial charge in [0, 0.05) is 32.0 Å². The topological polar surface area (TPSA) is 102 Å². The Hall–Kier alpha value is -3.17. The van der Waals surface area contributed by atoms with Gasteiger partial charge in [-0.2, -0.15) is 0 Å². The van der Waals surface area contributed by atoms with E-state index in [1.807, 2.05) is 13.1 Å². The predicted molar refractivity (Wildman–Crippen MR) is 125 cm³/mol. The van der Waals surface area contributed by atoms with E-state index in [2.05, 4.69) is 39.1 Å². The number of anilines is 3. The molecule has 3 aliphatic rings. The van der Waals surface area contributed by atoms with Gasteiger partial charge in [0.1, 0.15) is 17.7 Å². The number of pyridine rings is 1. The van der Waals surface area contributed by atoms with E-state index in [1.54, 1.807) is 0 Å². The van der Waals surface area contributed by atoms with Crippen LogP contribution in [0.3, 0.4) is 0 Å².